The van der Waals surface area contributed by atoms with Crippen LogP contribution in [0.15, 0.2) is 29.4 Å². The number of hydrogen-bond donors (Lipinski definition) is 1. The van der Waals surface area contributed by atoms with E-state index in [1.54, 1.807) is 0 Å². The van der Waals surface area contributed by atoms with Gasteiger partial charge in [0, 0.05) is 29.1 Å². The molecule has 5 nitrogen and oxygen atoms in total. The Morgan fingerprint density at radius 1 is 1.17 bits per heavy atom. The molecule has 5 heteroatoms. The zero-order chi connectivity index (χ0) is 21.0. The highest BCUT2D eigenvalue weighted by molar-refractivity contribution is 5.85. The third-order valence-electron chi connectivity index (χ3n) is 4.89. The first-order valence-corrected chi connectivity index (χ1v) is 10.7. The van der Waals surface area contributed by atoms with Crippen LogP contribution in [0.3, 0.4) is 0 Å². The molecule has 0 aliphatic heterocycles. The van der Waals surface area contributed by atoms with Gasteiger partial charge in [-0.15, -0.1) is 0 Å². The van der Waals surface area contributed by atoms with Crippen LogP contribution in [0.5, 0.6) is 0 Å². The van der Waals surface area contributed by atoms with Crippen molar-refractivity contribution in [1.29, 1.82) is 0 Å². The minimum atomic E-state index is 0.311. The molecule has 0 bridgehead atoms. The van der Waals surface area contributed by atoms with Gasteiger partial charge in [-0.1, -0.05) is 19.9 Å². The molecule has 2 aromatic heterocycles. The molecule has 0 fully saturated rings. The Morgan fingerprint density at radius 3 is 2.66 bits per heavy atom. The molecule has 3 rings (SSSR count). The van der Waals surface area contributed by atoms with Crippen molar-refractivity contribution in [3.05, 3.63) is 47.1 Å². The van der Waals surface area contributed by atoms with Gasteiger partial charge in [0.25, 0.3) is 0 Å². The second kappa shape index (κ2) is 9.29. The summed E-state index contributed by atoms with van der Waals surface area (Å²) in [5.41, 5.74) is 7.35. The van der Waals surface area contributed by atoms with Gasteiger partial charge in [-0.25, -0.2) is 9.97 Å². The second-order valence-corrected chi connectivity index (χ2v) is 8.61. The van der Waals surface area contributed by atoms with Crippen LogP contribution < -0.4 is 5.32 Å². The van der Waals surface area contributed by atoms with Crippen molar-refractivity contribution >= 4 is 22.9 Å². The molecule has 0 spiro atoms. The second-order valence-electron chi connectivity index (χ2n) is 8.61. The maximum atomic E-state index is 4.89. The lowest BCUT2D eigenvalue weighted by Gasteiger charge is -2.14. The molecule has 0 aromatic carbocycles. The van der Waals surface area contributed by atoms with Crippen molar-refractivity contribution in [3.8, 4) is 0 Å². The molecule has 0 radical (unpaired) electrons. The first-order chi connectivity index (χ1) is 13.8. The third kappa shape index (κ3) is 5.49. The van der Waals surface area contributed by atoms with E-state index in [1.807, 2.05) is 13.1 Å². The Kier molecular flexibility index (Phi) is 6.78. The van der Waals surface area contributed by atoms with E-state index in [0.717, 1.165) is 65.3 Å². The van der Waals surface area contributed by atoms with Crippen molar-refractivity contribution in [1.82, 2.24) is 15.0 Å². The largest absolute Gasteiger partial charge is 0.352 e. The predicted molar refractivity (Wildman–Crippen MR) is 122 cm³/mol. The number of aliphatic imine (C=N–C) groups is 1. The maximum Gasteiger partial charge on any atom is 0.223 e. The fraction of sp³-hybridized carbons (Fsp3) is 0.500. The Morgan fingerprint density at radius 2 is 1.97 bits per heavy atom. The quantitative estimate of drug-likeness (QED) is 0.622. The molecule has 2 heterocycles. The van der Waals surface area contributed by atoms with Crippen molar-refractivity contribution in [3.63, 3.8) is 0 Å². The minimum Gasteiger partial charge on any atom is -0.352 e. The van der Waals surface area contributed by atoms with E-state index in [0.29, 0.717) is 17.9 Å². The molecule has 1 N–H and O–H groups in total. The molecule has 1 aliphatic carbocycles. The summed E-state index contributed by atoms with van der Waals surface area (Å²) in [5, 5.41) is 3.31. The fourth-order valence-electron chi connectivity index (χ4n) is 3.69. The number of allylic oxidation sites excluding steroid dienone is 1. The van der Waals surface area contributed by atoms with Crippen LogP contribution in [0.4, 0.5) is 11.6 Å². The van der Waals surface area contributed by atoms with Crippen LogP contribution in [0.25, 0.3) is 5.57 Å². The van der Waals surface area contributed by atoms with Gasteiger partial charge in [-0.05, 0) is 71.4 Å². The van der Waals surface area contributed by atoms with Gasteiger partial charge in [0.05, 0.1) is 22.8 Å². The van der Waals surface area contributed by atoms with Crippen molar-refractivity contribution in [2.24, 2.45) is 10.9 Å². The highest BCUT2D eigenvalue weighted by Gasteiger charge is 2.18. The highest BCUT2D eigenvalue weighted by Crippen LogP contribution is 2.31. The van der Waals surface area contributed by atoms with E-state index in [2.05, 4.69) is 63.1 Å². The summed E-state index contributed by atoms with van der Waals surface area (Å²) < 4.78 is 0. The Labute approximate surface area is 174 Å². The molecule has 0 unspecified atom stereocenters. The minimum absolute atomic E-state index is 0.311. The van der Waals surface area contributed by atoms with Crippen LogP contribution in [-0.4, -0.2) is 26.7 Å². The normalized spacial score (nSPS) is 14.6. The Balaban J connectivity index is 1.93. The molecule has 0 saturated heterocycles. The molecule has 2 aromatic rings. The number of pyridine rings is 1. The monoisotopic (exact) mass is 391 g/mol. The summed E-state index contributed by atoms with van der Waals surface area (Å²) >= 11 is 0. The number of anilines is 1. The molecule has 1 aliphatic rings. The summed E-state index contributed by atoms with van der Waals surface area (Å²) in [4.78, 5) is 19.0. The summed E-state index contributed by atoms with van der Waals surface area (Å²) in [6.45, 7) is 12.8. The van der Waals surface area contributed by atoms with Gasteiger partial charge in [0.2, 0.25) is 5.95 Å². The smallest absolute Gasteiger partial charge is 0.223 e. The Hall–Kier alpha value is -2.56. The lowest BCUT2D eigenvalue weighted by molar-refractivity contribution is 0.682. The molecular weight excluding hydrogens is 358 g/mol. The molecule has 0 atom stereocenters. The van der Waals surface area contributed by atoms with Gasteiger partial charge in [0.1, 0.15) is 0 Å². The van der Waals surface area contributed by atoms with Crippen LogP contribution >= 0.6 is 0 Å². The number of rotatable bonds is 6. The van der Waals surface area contributed by atoms with Gasteiger partial charge < -0.3 is 5.32 Å². The van der Waals surface area contributed by atoms with E-state index in [1.165, 1.54) is 0 Å². The van der Waals surface area contributed by atoms with Gasteiger partial charge in [-0.2, -0.15) is 0 Å². The SMILES string of the molecule is C/C(CC(C)C)=N/c1ccc(C2=CCCCc3nc(NC(C)C)ncc32)nc1C. The van der Waals surface area contributed by atoms with E-state index < -0.39 is 0 Å². The van der Waals surface area contributed by atoms with E-state index in [4.69, 9.17) is 15.0 Å². The van der Waals surface area contributed by atoms with E-state index in [-0.39, 0.29) is 0 Å². The van der Waals surface area contributed by atoms with Gasteiger partial charge in [-0.3, -0.25) is 9.98 Å². The lowest BCUT2D eigenvalue weighted by atomic mass is 10.0. The zero-order valence-corrected chi connectivity index (χ0v) is 18.6. The summed E-state index contributed by atoms with van der Waals surface area (Å²) in [7, 11) is 0. The average molecular weight is 392 g/mol. The fourth-order valence-corrected chi connectivity index (χ4v) is 3.69. The van der Waals surface area contributed by atoms with Crippen molar-refractivity contribution < 1.29 is 0 Å². The standard InChI is InChI=1S/C24H33N5/c1-15(2)13-17(5)27-21-11-12-23(28-18(21)6)19-9-7-8-10-22-20(19)14-25-24(29-22)26-16(3)4/h9,11-12,14-16H,7-8,10,13H2,1-6H3,(H,25,26,29)/b27-17-. The van der Waals surface area contributed by atoms with Crippen molar-refractivity contribution in [2.45, 2.75) is 73.3 Å². The first-order valence-electron chi connectivity index (χ1n) is 10.7. The average Bonchev–Trinajstić information content (AvgIpc) is 2.84. The van der Waals surface area contributed by atoms with E-state index >= 15 is 0 Å². The lowest BCUT2D eigenvalue weighted by Crippen LogP contribution is -2.14. The number of nitrogens with one attached hydrogen (secondary N) is 1. The third-order valence-corrected chi connectivity index (χ3v) is 4.89. The molecular formula is C24H33N5. The van der Waals surface area contributed by atoms with Crippen LogP contribution in [0.1, 0.15) is 76.5 Å². The number of aryl methyl sites for hydroxylation is 2. The predicted octanol–water partition coefficient (Wildman–Crippen LogP) is 5.91. The van der Waals surface area contributed by atoms with Crippen LogP contribution in [0, 0.1) is 12.8 Å². The molecule has 0 amide bonds. The van der Waals surface area contributed by atoms with Crippen LogP contribution in [0.2, 0.25) is 0 Å². The summed E-state index contributed by atoms with van der Waals surface area (Å²) in [5.74, 6) is 1.31. The Bertz CT molecular complexity index is 925. The van der Waals surface area contributed by atoms with Crippen molar-refractivity contribution in [2.75, 3.05) is 5.32 Å². The van der Waals surface area contributed by atoms with E-state index in [9.17, 15) is 0 Å². The summed E-state index contributed by atoms with van der Waals surface area (Å²) in [6, 6.07) is 4.48. The highest BCUT2D eigenvalue weighted by atomic mass is 15.1. The van der Waals surface area contributed by atoms with Crippen LogP contribution in [-0.2, 0) is 6.42 Å². The number of hydrogen-bond acceptors (Lipinski definition) is 5. The first kappa shape index (κ1) is 21.2. The number of aromatic nitrogens is 3. The number of nitrogens with zero attached hydrogens (tertiary/aromatic N) is 4. The topological polar surface area (TPSA) is 63.1 Å². The molecule has 0 saturated carbocycles. The van der Waals surface area contributed by atoms with Gasteiger partial charge in [0.15, 0.2) is 0 Å². The van der Waals surface area contributed by atoms with Gasteiger partial charge >= 0.3 is 0 Å². The summed E-state index contributed by atoms with van der Waals surface area (Å²) in [6.07, 6.45) is 8.29. The molecule has 154 valence electrons. The number of fused-ring (bicyclic) bond motifs is 1. The zero-order valence-electron chi connectivity index (χ0n) is 18.6. The maximum absolute atomic E-state index is 4.89. The molecule has 29 heavy (non-hydrogen) atoms.